The molecule has 5 heteroatoms. The number of hydrogen-bond donors (Lipinski definition) is 1. The van der Waals surface area contributed by atoms with E-state index in [1.807, 2.05) is 18.2 Å². The molecular formula is C17H12BrNO3. The minimum absolute atomic E-state index is 0.284. The molecule has 0 heterocycles. The Morgan fingerprint density at radius 2 is 2.09 bits per heavy atom. The molecule has 0 bridgehead atoms. The highest BCUT2D eigenvalue weighted by molar-refractivity contribution is 9.10. The van der Waals surface area contributed by atoms with Crippen LogP contribution in [0.2, 0.25) is 0 Å². The number of nitriles is 1. The summed E-state index contributed by atoms with van der Waals surface area (Å²) in [5.74, 6) is -0.371. The summed E-state index contributed by atoms with van der Waals surface area (Å²) < 4.78 is 6.42. The number of halogens is 1. The van der Waals surface area contributed by atoms with Crippen LogP contribution in [0, 0.1) is 11.3 Å². The van der Waals surface area contributed by atoms with Crippen molar-refractivity contribution in [3.05, 3.63) is 69.7 Å². The fraction of sp³-hybridized carbons (Fsp3) is 0.0588. The van der Waals surface area contributed by atoms with Gasteiger partial charge in [0.2, 0.25) is 0 Å². The second-order valence-electron chi connectivity index (χ2n) is 4.42. The average Bonchev–Trinajstić information content (AvgIpc) is 2.52. The van der Waals surface area contributed by atoms with Crippen molar-refractivity contribution in [1.29, 1.82) is 5.26 Å². The fourth-order valence-electron chi connectivity index (χ4n) is 1.82. The molecule has 0 amide bonds. The van der Waals surface area contributed by atoms with E-state index in [0.717, 1.165) is 21.7 Å². The minimum atomic E-state index is -0.996. The standard InChI is InChI=1S/C17H12BrNO3/c18-15-9-12(6-8-17(20)21)5-7-16(15)22-11-14-4-2-1-3-13(14)10-19/h1-9H,11H2,(H,20,21)/b8-6+. The third kappa shape index (κ3) is 4.21. The summed E-state index contributed by atoms with van der Waals surface area (Å²) in [6, 6.07) is 14.7. The van der Waals surface area contributed by atoms with E-state index in [9.17, 15) is 4.79 Å². The van der Waals surface area contributed by atoms with E-state index in [1.165, 1.54) is 6.08 Å². The summed E-state index contributed by atoms with van der Waals surface area (Å²) in [5, 5.41) is 17.6. The number of carboxylic acids is 1. The molecule has 0 aliphatic carbocycles. The van der Waals surface area contributed by atoms with Crippen LogP contribution in [0.3, 0.4) is 0 Å². The molecule has 110 valence electrons. The van der Waals surface area contributed by atoms with Gasteiger partial charge in [-0.3, -0.25) is 0 Å². The molecule has 0 aliphatic rings. The number of aliphatic carboxylic acids is 1. The van der Waals surface area contributed by atoms with Crippen molar-refractivity contribution in [2.75, 3.05) is 0 Å². The highest BCUT2D eigenvalue weighted by Crippen LogP contribution is 2.27. The Labute approximate surface area is 136 Å². The van der Waals surface area contributed by atoms with Crippen molar-refractivity contribution in [2.45, 2.75) is 6.61 Å². The second-order valence-corrected chi connectivity index (χ2v) is 5.27. The summed E-state index contributed by atoms with van der Waals surface area (Å²) in [5.41, 5.74) is 2.14. The van der Waals surface area contributed by atoms with Crippen LogP contribution in [0.5, 0.6) is 5.75 Å². The van der Waals surface area contributed by atoms with Gasteiger partial charge < -0.3 is 9.84 Å². The first kappa shape index (κ1) is 15.8. The maximum atomic E-state index is 10.5. The van der Waals surface area contributed by atoms with Gasteiger partial charge >= 0.3 is 5.97 Å². The predicted molar refractivity (Wildman–Crippen MR) is 86.3 cm³/mol. The zero-order valence-electron chi connectivity index (χ0n) is 11.5. The van der Waals surface area contributed by atoms with Gasteiger partial charge in [-0.15, -0.1) is 0 Å². The largest absolute Gasteiger partial charge is 0.488 e. The number of benzene rings is 2. The molecule has 2 rings (SSSR count). The normalized spacial score (nSPS) is 10.4. The van der Waals surface area contributed by atoms with Crippen molar-refractivity contribution in [1.82, 2.24) is 0 Å². The first-order valence-electron chi connectivity index (χ1n) is 6.41. The zero-order chi connectivity index (χ0) is 15.9. The van der Waals surface area contributed by atoms with E-state index in [4.69, 9.17) is 15.1 Å². The highest BCUT2D eigenvalue weighted by atomic mass is 79.9. The molecule has 0 saturated heterocycles. The Bertz CT molecular complexity index is 763. The number of ether oxygens (including phenoxy) is 1. The third-order valence-corrected chi connectivity index (χ3v) is 3.51. The molecule has 22 heavy (non-hydrogen) atoms. The van der Waals surface area contributed by atoms with Crippen LogP contribution >= 0.6 is 15.9 Å². The van der Waals surface area contributed by atoms with Gasteiger partial charge in [-0.05, 0) is 45.8 Å². The Kier molecular flexibility index (Phi) is 5.34. The van der Waals surface area contributed by atoms with Crippen molar-refractivity contribution in [3.63, 3.8) is 0 Å². The van der Waals surface area contributed by atoms with Gasteiger partial charge in [-0.1, -0.05) is 24.3 Å². The van der Waals surface area contributed by atoms with Crippen molar-refractivity contribution >= 4 is 28.0 Å². The average molecular weight is 358 g/mol. The SMILES string of the molecule is N#Cc1ccccc1COc1ccc(/C=C/C(=O)O)cc1Br. The molecule has 2 aromatic rings. The van der Waals surface area contributed by atoms with E-state index in [2.05, 4.69) is 22.0 Å². The molecule has 0 atom stereocenters. The molecule has 0 aromatic heterocycles. The molecule has 0 unspecified atom stereocenters. The summed E-state index contributed by atoms with van der Waals surface area (Å²) in [6.45, 7) is 0.284. The van der Waals surface area contributed by atoms with E-state index in [1.54, 1.807) is 24.3 Å². The molecule has 0 spiro atoms. The Balaban J connectivity index is 2.11. The van der Waals surface area contributed by atoms with Gasteiger partial charge in [0.25, 0.3) is 0 Å². The van der Waals surface area contributed by atoms with Crippen molar-refractivity contribution in [2.24, 2.45) is 0 Å². The summed E-state index contributed by atoms with van der Waals surface area (Å²) in [4.78, 5) is 10.5. The quantitative estimate of drug-likeness (QED) is 0.821. The maximum absolute atomic E-state index is 10.5. The number of rotatable bonds is 5. The molecule has 0 saturated carbocycles. The smallest absolute Gasteiger partial charge is 0.328 e. The topological polar surface area (TPSA) is 70.3 Å². The molecule has 0 fully saturated rings. The molecule has 1 N–H and O–H groups in total. The number of hydrogen-bond acceptors (Lipinski definition) is 3. The predicted octanol–water partition coefficient (Wildman–Crippen LogP) is 4.00. The highest BCUT2D eigenvalue weighted by Gasteiger charge is 2.05. The fourth-order valence-corrected chi connectivity index (χ4v) is 2.33. The van der Waals surface area contributed by atoms with Crippen LogP contribution in [0.4, 0.5) is 0 Å². The number of carbonyl (C=O) groups is 1. The number of nitrogens with zero attached hydrogens (tertiary/aromatic N) is 1. The van der Waals surface area contributed by atoms with Crippen LogP contribution in [0.15, 0.2) is 53.0 Å². The zero-order valence-corrected chi connectivity index (χ0v) is 13.1. The molecule has 2 aromatic carbocycles. The summed E-state index contributed by atoms with van der Waals surface area (Å²) in [7, 11) is 0. The second kappa shape index (κ2) is 7.43. The first-order chi connectivity index (χ1) is 10.6. The lowest BCUT2D eigenvalue weighted by Gasteiger charge is -2.10. The van der Waals surface area contributed by atoms with E-state index in [0.29, 0.717) is 11.3 Å². The van der Waals surface area contributed by atoms with Crippen LogP contribution in [-0.4, -0.2) is 11.1 Å². The summed E-state index contributed by atoms with van der Waals surface area (Å²) >= 11 is 3.39. The van der Waals surface area contributed by atoms with Crippen LogP contribution in [0.25, 0.3) is 6.08 Å². The van der Waals surface area contributed by atoms with E-state index >= 15 is 0 Å². The third-order valence-electron chi connectivity index (χ3n) is 2.90. The van der Waals surface area contributed by atoms with Crippen LogP contribution in [-0.2, 0) is 11.4 Å². The van der Waals surface area contributed by atoms with Crippen LogP contribution < -0.4 is 4.74 Å². The van der Waals surface area contributed by atoms with Crippen LogP contribution in [0.1, 0.15) is 16.7 Å². The molecular weight excluding hydrogens is 346 g/mol. The lowest BCUT2D eigenvalue weighted by molar-refractivity contribution is -0.131. The Morgan fingerprint density at radius 3 is 2.77 bits per heavy atom. The Hall–Kier alpha value is -2.58. The first-order valence-corrected chi connectivity index (χ1v) is 7.21. The van der Waals surface area contributed by atoms with Gasteiger partial charge in [0.15, 0.2) is 0 Å². The lowest BCUT2D eigenvalue weighted by atomic mass is 10.1. The minimum Gasteiger partial charge on any atom is -0.488 e. The molecule has 4 nitrogen and oxygen atoms in total. The summed E-state index contributed by atoms with van der Waals surface area (Å²) in [6.07, 6.45) is 2.58. The van der Waals surface area contributed by atoms with Crippen molar-refractivity contribution in [3.8, 4) is 11.8 Å². The van der Waals surface area contributed by atoms with Gasteiger partial charge in [0.1, 0.15) is 12.4 Å². The maximum Gasteiger partial charge on any atom is 0.328 e. The van der Waals surface area contributed by atoms with Gasteiger partial charge in [0, 0.05) is 11.6 Å². The molecule has 0 radical (unpaired) electrons. The van der Waals surface area contributed by atoms with Crippen molar-refractivity contribution < 1.29 is 14.6 Å². The number of carboxylic acid groups (broad SMARTS) is 1. The van der Waals surface area contributed by atoms with Gasteiger partial charge in [-0.2, -0.15) is 5.26 Å². The Morgan fingerprint density at radius 1 is 1.32 bits per heavy atom. The van der Waals surface area contributed by atoms with Gasteiger partial charge in [-0.25, -0.2) is 4.79 Å². The molecule has 0 aliphatic heterocycles. The van der Waals surface area contributed by atoms with E-state index in [-0.39, 0.29) is 6.61 Å². The monoisotopic (exact) mass is 357 g/mol. The lowest BCUT2D eigenvalue weighted by Crippen LogP contribution is -1.98. The van der Waals surface area contributed by atoms with Gasteiger partial charge in [0.05, 0.1) is 16.1 Å². The van der Waals surface area contributed by atoms with E-state index < -0.39 is 5.97 Å².